The molecule has 0 aliphatic heterocycles. The van der Waals surface area contributed by atoms with Gasteiger partial charge in [0.25, 0.3) is 0 Å². The van der Waals surface area contributed by atoms with Crippen LogP contribution in [0, 0.1) is 22.7 Å². The van der Waals surface area contributed by atoms with Crippen molar-refractivity contribution in [3.63, 3.8) is 0 Å². The van der Waals surface area contributed by atoms with Gasteiger partial charge in [-0.1, -0.05) is 39.7 Å². The van der Waals surface area contributed by atoms with Crippen LogP contribution in [0.4, 0.5) is 0 Å². The molecule has 2 aliphatic carbocycles. The summed E-state index contributed by atoms with van der Waals surface area (Å²) in [6.45, 7) is 7.01. The topological polar surface area (TPSA) is 60.7 Å². The van der Waals surface area contributed by atoms with Gasteiger partial charge in [0.15, 0.2) is 0 Å². The molecule has 0 saturated heterocycles. The van der Waals surface area contributed by atoms with Crippen LogP contribution in [-0.2, 0) is 0 Å². The smallest absolute Gasteiger partial charge is 0.0659 e. The van der Waals surface area contributed by atoms with Crippen molar-refractivity contribution < 1.29 is 15.3 Å². The number of aliphatic hydroxyl groups is 3. The number of allylic oxidation sites excluding steroid dienone is 1. The largest absolute Gasteiger partial charge is 0.396 e. The Kier molecular flexibility index (Phi) is 5.73. The van der Waals surface area contributed by atoms with Crippen LogP contribution >= 0.6 is 0 Å². The van der Waals surface area contributed by atoms with Crippen LogP contribution in [0.5, 0.6) is 0 Å². The van der Waals surface area contributed by atoms with E-state index in [1.807, 2.05) is 0 Å². The first-order valence-corrected chi connectivity index (χ1v) is 9.02. The second kappa shape index (κ2) is 7.02. The van der Waals surface area contributed by atoms with E-state index in [1.165, 1.54) is 12.8 Å². The van der Waals surface area contributed by atoms with E-state index in [-0.39, 0.29) is 18.6 Å². The highest BCUT2D eigenvalue weighted by Gasteiger charge is 2.56. The van der Waals surface area contributed by atoms with Gasteiger partial charge in [-0.05, 0) is 54.9 Å². The minimum atomic E-state index is -0.545. The summed E-state index contributed by atoms with van der Waals surface area (Å²) in [4.78, 5) is 0. The number of aliphatic hydroxyl groups excluding tert-OH is 3. The van der Waals surface area contributed by atoms with Crippen molar-refractivity contribution in [3.05, 3.63) is 11.6 Å². The second-order valence-electron chi connectivity index (χ2n) is 7.97. The highest BCUT2D eigenvalue weighted by molar-refractivity contribution is 5.16. The summed E-state index contributed by atoms with van der Waals surface area (Å²) in [6.07, 6.45) is 8.47. The molecule has 22 heavy (non-hydrogen) atoms. The van der Waals surface area contributed by atoms with E-state index < -0.39 is 11.5 Å². The van der Waals surface area contributed by atoms with Gasteiger partial charge in [0.05, 0.1) is 19.3 Å². The van der Waals surface area contributed by atoms with Gasteiger partial charge in [0.2, 0.25) is 0 Å². The molecule has 2 rings (SSSR count). The molecular weight excluding hydrogens is 276 g/mol. The molecule has 0 spiro atoms. The lowest BCUT2D eigenvalue weighted by molar-refractivity contribution is -0.146. The van der Waals surface area contributed by atoms with Gasteiger partial charge in [0, 0.05) is 5.41 Å². The Bertz CT molecular complexity index is 405. The van der Waals surface area contributed by atoms with E-state index in [0.717, 1.165) is 31.3 Å². The summed E-state index contributed by atoms with van der Waals surface area (Å²) in [5, 5.41) is 30.6. The summed E-state index contributed by atoms with van der Waals surface area (Å²) < 4.78 is 0. The van der Waals surface area contributed by atoms with E-state index in [0.29, 0.717) is 18.3 Å². The highest BCUT2D eigenvalue weighted by atomic mass is 16.3. The predicted octanol–water partition coefficient (Wildman–Crippen LogP) is 3.28. The molecule has 0 amide bonds. The van der Waals surface area contributed by atoms with Crippen LogP contribution in [0.1, 0.15) is 65.7 Å². The Morgan fingerprint density at radius 1 is 1.32 bits per heavy atom. The van der Waals surface area contributed by atoms with E-state index >= 15 is 0 Å². The third-order valence-corrected chi connectivity index (χ3v) is 6.99. The Hall–Kier alpha value is -0.380. The quantitative estimate of drug-likeness (QED) is 0.683. The van der Waals surface area contributed by atoms with Crippen LogP contribution in [0.15, 0.2) is 11.6 Å². The van der Waals surface area contributed by atoms with Gasteiger partial charge >= 0.3 is 0 Å². The third kappa shape index (κ3) is 2.88. The first-order valence-electron chi connectivity index (χ1n) is 9.02. The molecule has 1 saturated carbocycles. The van der Waals surface area contributed by atoms with Crippen LogP contribution in [0.2, 0.25) is 0 Å². The van der Waals surface area contributed by atoms with Crippen LogP contribution in [0.3, 0.4) is 0 Å². The SMILES string of the molecule is CCCCC1(C)C(C)CCC2(CO)C(O)CC(CO)=CCC12. The molecule has 128 valence electrons. The molecule has 3 heteroatoms. The van der Waals surface area contributed by atoms with Crippen molar-refractivity contribution in [3.8, 4) is 0 Å². The Balaban J connectivity index is 2.41. The van der Waals surface area contributed by atoms with Gasteiger partial charge in [-0.3, -0.25) is 0 Å². The fraction of sp³-hybridized carbons (Fsp3) is 0.895. The molecule has 5 unspecified atom stereocenters. The lowest BCUT2D eigenvalue weighted by Crippen LogP contribution is -2.55. The average Bonchev–Trinajstić information content (AvgIpc) is 2.67. The van der Waals surface area contributed by atoms with E-state index in [2.05, 4.69) is 26.8 Å². The standard InChI is InChI=1S/C19H34O3/c1-4-5-9-18(3)14(2)8-10-19(13-21)16(18)7-6-15(12-20)11-17(19)22/h6,14,16-17,20-22H,4-5,7-13H2,1-3H3. The van der Waals surface area contributed by atoms with Gasteiger partial charge in [0.1, 0.15) is 0 Å². The molecule has 3 N–H and O–H groups in total. The van der Waals surface area contributed by atoms with Crippen molar-refractivity contribution in [2.75, 3.05) is 13.2 Å². The molecule has 3 nitrogen and oxygen atoms in total. The van der Waals surface area contributed by atoms with Crippen LogP contribution < -0.4 is 0 Å². The summed E-state index contributed by atoms with van der Waals surface area (Å²) in [6, 6.07) is 0. The lowest BCUT2D eigenvalue weighted by Gasteiger charge is -2.57. The maximum Gasteiger partial charge on any atom is 0.0659 e. The molecule has 0 aromatic carbocycles. The normalized spacial score (nSPS) is 42.5. The minimum absolute atomic E-state index is 0.0204. The fourth-order valence-corrected chi connectivity index (χ4v) is 5.11. The van der Waals surface area contributed by atoms with E-state index in [1.54, 1.807) is 0 Å². The lowest BCUT2D eigenvalue weighted by atomic mass is 9.48. The summed E-state index contributed by atoms with van der Waals surface area (Å²) in [5.74, 6) is 0.902. The zero-order valence-corrected chi connectivity index (χ0v) is 14.5. The van der Waals surface area contributed by atoms with Crippen molar-refractivity contribution in [1.29, 1.82) is 0 Å². The zero-order valence-electron chi connectivity index (χ0n) is 14.5. The monoisotopic (exact) mass is 310 g/mol. The van der Waals surface area contributed by atoms with E-state index in [4.69, 9.17) is 0 Å². The molecule has 1 fully saturated rings. The van der Waals surface area contributed by atoms with Crippen LogP contribution in [0.25, 0.3) is 0 Å². The zero-order chi connectivity index (χ0) is 16.4. The van der Waals surface area contributed by atoms with Crippen molar-refractivity contribution in [2.45, 2.75) is 71.8 Å². The predicted molar refractivity (Wildman–Crippen MR) is 89.4 cm³/mol. The van der Waals surface area contributed by atoms with Gasteiger partial charge < -0.3 is 15.3 Å². The van der Waals surface area contributed by atoms with Crippen molar-refractivity contribution in [1.82, 2.24) is 0 Å². The maximum absolute atomic E-state index is 10.9. The number of rotatable bonds is 5. The van der Waals surface area contributed by atoms with E-state index in [9.17, 15) is 15.3 Å². The molecule has 0 bridgehead atoms. The number of fused-ring (bicyclic) bond motifs is 1. The van der Waals surface area contributed by atoms with Crippen LogP contribution in [-0.4, -0.2) is 34.6 Å². The highest BCUT2D eigenvalue weighted by Crippen LogP contribution is 2.60. The van der Waals surface area contributed by atoms with Gasteiger partial charge in [-0.25, -0.2) is 0 Å². The molecule has 5 atom stereocenters. The van der Waals surface area contributed by atoms with Gasteiger partial charge in [-0.2, -0.15) is 0 Å². The Labute approximate surface area is 135 Å². The number of hydrogen-bond donors (Lipinski definition) is 3. The van der Waals surface area contributed by atoms with Crippen molar-refractivity contribution >= 4 is 0 Å². The number of unbranched alkanes of at least 4 members (excludes halogenated alkanes) is 1. The molecule has 0 radical (unpaired) electrons. The molecule has 0 aromatic rings. The molecule has 0 aromatic heterocycles. The first kappa shape index (κ1) is 18.0. The average molecular weight is 310 g/mol. The Morgan fingerprint density at radius 2 is 2.05 bits per heavy atom. The summed E-state index contributed by atoms with van der Waals surface area (Å²) >= 11 is 0. The fourth-order valence-electron chi connectivity index (χ4n) is 5.11. The summed E-state index contributed by atoms with van der Waals surface area (Å²) in [5.41, 5.74) is 0.683. The van der Waals surface area contributed by atoms with Gasteiger partial charge in [-0.15, -0.1) is 0 Å². The number of hydrogen-bond acceptors (Lipinski definition) is 3. The maximum atomic E-state index is 10.9. The Morgan fingerprint density at radius 3 is 2.64 bits per heavy atom. The second-order valence-corrected chi connectivity index (χ2v) is 7.97. The first-order chi connectivity index (χ1) is 10.4. The molecular formula is C19H34O3. The minimum Gasteiger partial charge on any atom is -0.396 e. The molecule has 0 heterocycles. The third-order valence-electron chi connectivity index (χ3n) is 6.99. The summed E-state index contributed by atoms with van der Waals surface area (Å²) in [7, 11) is 0. The van der Waals surface area contributed by atoms with Crippen molar-refractivity contribution in [2.24, 2.45) is 22.7 Å². The molecule has 2 aliphatic rings.